The Labute approximate surface area is 188 Å². The number of morpholine rings is 1. The number of carbonyl (C=O) groups excluding carboxylic acids is 1. The molecule has 174 valence electrons. The summed E-state index contributed by atoms with van der Waals surface area (Å²) in [5.41, 5.74) is 0.334. The van der Waals surface area contributed by atoms with E-state index < -0.39 is 20.0 Å². The number of nitrogens with one attached hydrogen (secondary N) is 2. The van der Waals surface area contributed by atoms with Gasteiger partial charge in [0.25, 0.3) is 15.9 Å². The van der Waals surface area contributed by atoms with Crippen molar-refractivity contribution in [3.8, 4) is 0 Å². The van der Waals surface area contributed by atoms with Gasteiger partial charge in [-0.25, -0.2) is 16.8 Å². The Balaban J connectivity index is 1.82. The third-order valence-corrected chi connectivity index (χ3v) is 8.44. The van der Waals surface area contributed by atoms with Crippen LogP contribution in [0.5, 0.6) is 0 Å². The van der Waals surface area contributed by atoms with Gasteiger partial charge in [0.1, 0.15) is 0 Å². The van der Waals surface area contributed by atoms with Gasteiger partial charge in [-0.3, -0.25) is 9.52 Å². The molecule has 1 aliphatic heterocycles. The fourth-order valence-corrected chi connectivity index (χ4v) is 5.59. The summed E-state index contributed by atoms with van der Waals surface area (Å²) in [7, 11) is -7.78. The highest BCUT2D eigenvalue weighted by molar-refractivity contribution is 7.92. The zero-order chi connectivity index (χ0) is 23.4. The number of anilines is 1. The molecule has 2 aromatic carbocycles. The molecule has 1 atom stereocenters. The predicted octanol–water partition coefficient (Wildman–Crippen LogP) is 2.04. The van der Waals surface area contributed by atoms with Gasteiger partial charge in [0.15, 0.2) is 0 Å². The van der Waals surface area contributed by atoms with Crippen molar-refractivity contribution in [2.75, 3.05) is 31.0 Å². The second-order valence-corrected chi connectivity index (χ2v) is 11.0. The molecule has 0 aromatic heterocycles. The van der Waals surface area contributed by atoms with E-state index in [1.807, 2.05) is 13.8 Å². The predicted molar refractivity (Wildman–Crippen MR) is 120 cm³/mol. The minimum Gasteiger partial charge on any atom is -0.379 e. The van der Waals surface area contributed by atoms with E-state index in [2.05, 4.69) is 10.0 Å². The van der Waals surface area contributed by atoms with Gasteiger partial charge >= 0.3 is 0 Å². The van der Waals surface area contributed by atoms with Gasteiger partial charge < -0.3 is 10.1 Å². The van der Waals surface area contributed by atoms with Gasteiger partial charge in [-0.1, -0.05) is 19.1 Å². The molecule has 1 heterocycles. The third-order valence-electron chi connectivity index (χ3n) is 5.15. The highest BCUT2D eigenvalue weighted by Crippen LogP contribution is 2.23. The molecule has 11 heteroatoms. The fourth-order valence-electron chi connectivity index (χ4n) is 3.10. The van der Waals surface area contributed by atoms with Crippen LogP contribution in [0.2, 0.25) is 0 Å². The van der Waals surface area contributed by atoms with Crippen molar-refractivity contribution in [2.45, 2.75) is 36.1 Å². The molecule has 1 aliphatic rings. The number of para-hydroxylation sites is 1. The van der Waals surface area contributed by atoms with E-state index in [9.17, 15) is 21.6 Å². The van der Waals surface area contributed by atoms with Crippen molar-refractivity contribution in [1.82, 2.24) is 9.62 Å². The maximum absolute atomic E-state index is 12.9. The maximum atomic E-state index is 12.9. The first-order valence-electron chi connectivity index (χ1n) is 10.3. The van der Waals surface area contributed by atoms with Crippen LogP contribution in [-0.2, 0) is 24.8 Å². The lowest BCUT2D eigenvalue weighted by molar-refractivity contribution is 0.0730. The third kappa shape index (κ3) is 5.47. The largest absolute Gasteiger partial charge is 0.379 e. The molecule has 0 saturated carbocycles. The summed E-state index contributed by atoms with van der Waals surface area (Å²) in [4.78, 5) is 12.4. The van der Waals surface area contributed by atoms with Crippen LogP contribution < -0.4 is 10.0 Å². The van der Waals surface area contributed by atoms with Gasteiger partial charge in [0.2, 0.25) is 10.0 Å². The summed E-state index contributed by atoms with van der Waals surface area (Å²) < 4.78 is 60.2. The molecule has 2 N–H and O–H groups in total. The van der Waals surface area contributed by atoms with Crippen LogP contribution in [0.3, 0.4) is 0 Å². The topological polar surface area (TPSA) is 122 Å². The van der Waals surface area contributed by atoms with E-state index >= 15 is 0 Å². The molecule has 1 fully saturated rings. The van der Waals surface area contributed by atoms with Gasteiger partial charge in [0.05, 0.1) is 34.3 Å². The molecular formula is C21H27N3O6S2. The van der Waals surface area contributed by atoms with E-state index in [0.29, 0.717) is 13.2 Å². The maximum Gasteiger partial charge on any atom is 0.261 e. The molecule has 0 spiro atoms. The number of rotatable bonds is 8. The average Bonchev–Trinajstić information content (AvgIpc) is 2.79. The van der Waals surface area contributed by atoms with Crippen molar-refractivity contribution < 1.29 is 26.4 Å². The smallest absolute Gasteiger partial charge is 0.261 e. The van der Waals surface area contributed by atoms with E-state index in [-0.39, 0.29) is 46.1 Å². The second kappa shape index (κ2) is 9.99. The van der Waals surface area contributed by atoms with Gasteiger partial charge in [-0.15, -0.1) is 0 Å². The zero-order valence-electron chi connectivity index (χ0n) is 17.9. The minimum atomic E-state index is -4.05. The minimum absolute atomic E-state index is 0.00619. The van der Waals surface area contributed by atoms with E-state index in [1.54, 1.807) is 12.1 Å². The number of amides is 1. The Bertz CT molecular complexity index is 1160. The Hall–Kier alpha value is -2.47. The Morgan fingerprint density at radius 1 is 1.00 bits per heavy atom. The standard InChI is InChI=1S/C21H27N3O6S2/c1-3-16(2)22-21(25)19-6-4-5-7-20(19)23-31(26,27)17-8-10-18(11-9-17)32(28,29)24-12-14-30-15-13-24/h4-11,16,23H,3,12-15H2,1-2H3,(H,22,25). The summed E-state index contributed by atoms with van der Waals surface area (Å²) in [5.74, 6) is -0.385. The molecule has 9 nitrogen and oxygen atoms in total. The van der Waals surface area contributed by atoms with Crippen molar-refractivity contribution >= 4 is 31.6 Å². The van der Waals surface area contributed by atoms with E-state index in [4.69, 9.17) is 4.74 Å². The summed E-state index contributed by atoms with van der Waals surface area (Å²) in [6.07, 6.45) is 0.735. The highest BCUT2D eigenvalue weighted by atomic mass is 32.2. The molecule has 0 bridgehead atoms. The van der Waals surface area contributed by atoms with Gasteiger partial charge in [-0.2, -0.15) is 4.31 Å². The lowest BCUT2D eigenvalue weighted by Gasteiger charge is -2.26. The lowest BCUT2D eigenvalue weighted by Crippen LogP contribution is -2.40. The molecular weight excluding hydrogens is 454 g/mol. The fraction of sp³-hybridized carbons (Fsp3) is 0.381. The van der Waals surface area contributed by atoms with Crippen LogP contribution in [0, 0.1) is 0 Å². The second-order valence-electron chi connectivity index (χ2n) is 7.42. The number of benzene rings is 2. The van der Waals surface area contributed by atoms with Crippen LogP contribution in [-0.4, -0.2) is 59.4 Å². The van der Waals surface area contributed by atoms with Crippen molar-refractivity contribution in [1.29, 1.82) is 0 Å². The van der Waals surface area contributed by atoms with Crippen molar-refractivity contribution in [3.63, 3.8) is 0 Å². The molecule has 2 aromatic rings. The molecule has 1 saturated heterocycles. The van der Waals surface area contributed by atoms with Crippen LogP contribution in [0.15, 0.2) is 58.3 Å². The van der Waals surface area contributed by atoms with Crippen molar-refractivity contribution in [3.05, 3.63) is 54.1 Å². The van der Waals surface area contributed by atoms with Crippen LogP contribution >= 0.6 is 0 Å². The summed E-state index contributed by atoms with van der Waals surface area (Å²) in [6, 6.07) is 11.2. The van der Waals surface area contributed by atoms with Crippen LogP contribution in [0.25, 0.3) is 0 Å². The Morgan fingerprint density at radius 3 is 2.22 bits per heavy atom. The number of hydrogen-bond acceptors (Lipinski definition) is 6. The van der Waals surface area contributed by atoms with E-state index in [1.165, 1.54) is 40.7 Å². The SMILES string of the molecule is CCC(C)NC(=O)c1ccccc1NS(=O)(=O)c1ccc(S(=O)(=O)N2CCOCC2)cc1. The zero-order valence-corrected chi connectivity index (χ0v) is 19.6. The molecule has 32 heavy (non-hydrogen) atoms. The summed E-state index contributed by atoms with van der Waals surface area (Å²) in [5, 5.41) is 2.81. The monoisotopic (exact) mass is 481 g/mol. The summed E-state index contributed by atoms with van der Waals surface area (Å²) >= 11 is 0. The lowest BCUT2D eigenvalue weighted by atomic mass is 10.1. The summed E-state index contributed by atoms with van der Waals surface area (Å²) in [6.45, 7) is 4.93. The number of hydrogen-bond donors (Lipinski definition) is 2. The van der Waals surface area contributed by atoms with Crippen LogP contribution in [0.1, 0.15) is 30.6 Å². The highest BCUT2D eigenvalue weighted by Gasteiger charge is 2.27. The quantitative estimate of drug-likeness (QED) is 0.595. The Kier molecular flexibility index (Phi) is 7.55. The molecule has 1 amide bonds. The molecule has 0 aliphatic carbocycles. The molecule has 3 rings (SSSR count). The number of carbonyl (C=O) groups is 1. The van der Waals surface area contributed by atoms with Crippen molar-refractivity contribution in [2.24, 2.45) is 0 Å². The normalized spacial score (nSPS) is 16.3. The van der Waals surface area contributed by atoms with E-state index in [0.717, 1.165) is 6.42 Å². The molecule has 1 unspecified atom stereocenters. The molecule has 0 radical (unpaired) electrons. The van der Waals surface area contributed by atoms with Gasteiger partial charge in [0, 0.05) is 19.1 Å². The number of sulfonamides is 2. The number of nitrogens with zero attached hydrogens (tertiary/aromatic N) is 1. The Morgan fingerprint density at radius 2 is 1.59 bits per heavy atom. The van der Waals surface area contributed by atoms with Gasteiger partial charge in [-0.05, 0) is 49.7 Å². The van der Waals surface area contributed by atoms with Crippen LogP contribution in [0.4, 0.5) is 5.69 Å². The first-order chi connectivity index (χ1) is 15.1. The first-order valence-corrected chi connectivity index (χ1v) is 13.2. The first kappa shape index (κ1) is 24.2. The number of ether oxygens (including phenoxy) is 1. The average molecular weight is 482 g/mol.